The van der Waals surface area contributed by atoms with Crippen LogP contribution < -0.4 is 5.73 Å². The third-order valence-corrected chi connectivity index (χ3v) is 3.88. The smallest absolute Gasteiger partial charge is 0.0733 e. The van der Waals surface area contributed by atoms with Crippen molar-refractivity contribution in [2.45, 2.75) is 46.6 Å². The lowest BCUT2D eigenvalue weighted by Gasteiger charge is -2.15. The summed E-state index contributed by atoms with van der Waals surface area (Å²) in [5.41, 5.74) is 9.65. The normalized spacial score (nSPS) is 17.4. The van der Waals surface area contributed by atoms with Gasteiger partial charge >= 0.3 is 0 Å². The molecule has 0 unspecified atom stereocenters. The predicted octanol–water partition coefficient (Wildman–Crippen LogP) is 2.26. The van der Waals surface area contributed by atoms with Crippen molar-refractivity contribution in [3.05, 3.63) is 17.0 Å². The molecule has 1 aliphatic rings. The molecule has 0 amide bonds. The summed E-state index contributed by atoms with van der Waals surface area (Å²) in [5.74, 6) is 0. The van der Waals surface area contributed by atoms with Gasteiger partial charge in [0.25, 0.3) is 0 Å². The van der Waals surface area contributed by atoms with Gasteiger partial charge in [0.05, 0.1) is 10.7 Å². The lowest BCUT2D eigenvalue weighted by molar-refractivity contribution is 0.403. The maximum atomic E-state index is 5.65. The van der Waals surface area contributed by atoms with Gasteiger partial charge in [-0.3, -0.25) is 4.68 Å². The highest BCUT2D eigenvalue weighted by Gasteiger charge is 2.43. The highest BCUT2D eigenvalue weighted by Crippen LogP contribution is 2.50. The monoisotopic (exact) mass is 237 g/mol. The molecule has 0 spiro atoms. The number of rotatable bonds is 4. The highest BCUT2D eigenvalue weighted by molar-refractivity contribution is 7.80. The average molecular weight is 237 g/mol. The van der Waals surface area contributed by atoms with E-state index in [1.165, 1.54) is 24.1 Å². The number of aromatic nitrogens is 2. The molecule has 88 valence electrons. The summed E-state index contributed by atoms with van der Waals surface area (Å²) in [5, 5.41) is 4.57. The van der Waals surface area contributed by atoms with Crippen molar-refractivity contribution < 1.29 is 0 Å². The molecule has 16 heavy (non-hydrogen) atoms. The summed E-state index contributed by atoms with van der Waals surface area (Å²) >= 11 is 5.01. The predicted molar refractivity (Wildman–Crippen MR) is 69.5 cm³/mol. The van der Waals surface area contributed by atoms with Crippen LogP contribution in [-0.2, 0) is 6.54 Å². The van der Waals surface area contributed by atoms with Crippen LogP contribution in [0.25, 0.3) is 0 Å². The second-order valence-electron chi connectivity index (χ2n) is 5.10. The first kappa shape index (κ1) is 11.6. The fourth-order valence-corrected chi connectivity index (χ4v) is 2.50. The summed E-state index contributed by atoms with van der Waals surface area (Å²) in [6, 6.07) is 0. The minimum atomic E-state index is 0.307. The number of thiocarbonyl (C=S) groups is 1. The van der Waals surface area contributed by atoms with E-state index in [0.29, 0.717) is 10.4 Å². The van der Waals surface area contributed by atoms with Crippen molar-refractivity contribution in [3.8, 4) is 0 Å². The number of hydrogen-bond donors (Lipinski definition) is 1. The molecule has 1 saturated carbocycles. The highest BCUT2D eigenvalue weighted by atomic mass is 32.1. The molecule has 0 radical (unpaired) electrons. The molecule has 2 N–H and O–H groups in total. The molecule has 1 fully saturated rings. The molecule has 1 aromatic rings. The van der Waals surface area contributed by atoms with E-state index in [-0.39, 0.29) is 0 Å². The summed E-state index contributed by atoms with van der Waals surface area (Å²) < 4.78 is 2.12. The Morgan fingerprint density at radius 2 is 2.06 bits per heavy atom. The van der Waals surface area contributed by atoms with Gasteiger partial charge in [-0.25, -0.2) is 0 Å². The van der Waals surface area contributed by atoms with Crippen LogP contribution in [0.1, 0.15) is 36.2 Å². The van der Waals surface area contributed by atoms with Crippen LogP contribution in [0.2, 0.25) is 0 Å². The van der Waals surface area contributed by atoms with Crippen molar-refractivity contribution in [1.29, 1.82) is 0 Å². The van der Waals surface area contributed by atoms with Crippen LogP contribution in [0.3, 0.4) is 0 Å². The molecular formula is C12H19N3S. The van der Waals surface area contributed by atoms with Crippen molar-refractivity contribution >= 4 is 17.2 Å². The largest absolute Gasteiger partial charge is 0.393 e. The standard InChI is InChI=1S/C12H19N3S/c1-8-9(2)14-15(10(8)3)7-12(4-5-12)6-11(13)16/h4-7H2,1-3H3,(H2,13,16). The van der Waals surface area contributed by atoms with Crippen molar-refractivity contribution in [1.82, 2.24) is 9.78 Å². The second kappa shape index (κ2) is 3.84. The minimum Gasteiger partial charge on any atom is -0.393 e. The van der Waals surface area contributed by atoms with Crippen LogP contribution in [0, 0.1) is 26.2 Å². The van der Waals surface area contributed by atoms with Gasteiger partial charge in [-0.2, -0.15) is 5.10 Å². The maximum Gasteiger partial charge on any atom is 0.0733 e. The SMILES string of the molecule is Cc1nn(CC2(CC(N)=S)CC2)c(C)c1C. The minimum absolute atomic E-state index is 0.307. The molecule has 1 heterocycles. The van der Waals surface area contributed by atoms with Gasteiger partial charge in [-0.15, -0.1) is 0 Å². The molecular weight excluding hydrogens is 218 g/mol. The quantitative estimate of drug-likeness (QED) is 0.817. The molecule has 0 aromatic carbocycles. The van der Waals surface area contributed by atoms with E-state index in [2.05, 4.69) is 30.6 Å². The summed E-state index contributed by atoms with van der Waals surface area (Å²) in [4.78, 5) is 0.635. The Balaban J connectivity index is 2.15. The maximum absolute atomic E-state index is 5.65. The first-order valence-electron chi connectivity index (χ1n) is 5.72. The number of nitrogens with zero attached hydrogens (tertiary/aromatic N) is 2. The second-order valence-corrected chi connectivity index (χ2v) is 5.62. The van der Waals surface area contributed by atoms with Gasteiger partial charge < -0.3 is 5.73 Å². The molecule has 4 heteroatoms. The van der Waals surface area contributed by atoms with Crippen molar-refractivity contribution in [2.24, 2.45) is 11.1 Å². The third kappa shape index (κ3) is 2.12. The first-order valence-corrected chi connectivity index (χ1v) is 6.13. The summed E-state index contributed by atoms with van der Waals surface area (Å²) in [6.45, 7) is 7.28. The van der Waals surface area contributed by atoms with E-state index >= 15 is 0 Å². The lowest BCUT2D eigenvalue weighted by atomic mass is 10.0. The molecule has 0 saturated heterocycles. The Morgan fingerprint density at radius 1 is 1.44 bits per heavy atom. The lowest BCUT2D eigenvalue weighted by Crippen LogP contribution is -2.21. The Hall–Kier alpha value is -0.900. The Bertz CT molecular complexity index is 430. The van der Waals surface area contributed by atoms with Gasteiger partial charge in [-0.1, -0.05) is 12.2 Å². The molecule has 0 bridgehead atoms. The van der Waals surface area contributed by atoms with E-state index in [4.69, 9.17) is 18.0 Å². The molecule has 0 atom stereocenters. The van der Waals surface area contributed by atoms with Crippen LogP contribution in [0.4, 0.5) is 0 Å². The van der Waals surface area contributed by atoms with Gasteiger partial charge in [0.1, 0.15) is 0 Å². The van der Waals surface area contributed by atoms with E-state index in [1.54, 1.807) is 0 Å². The molecule has 1 aromatic heterocycles. The first-order chi connectivity index (χ1) is 7.43. The number of hydrogen-bond acceptors (Lipinski definition) is 2. The van der Waals surface area contributed by atoms with Gasteiger partial charge in [0.2, 0.25) is 0 Å². The van der Waals surface area contributed by atoms with E-state index in [0.717, 1.165) is 18.7 Å². The Labute approximate surface area is 102 Å². The zero-order valence-corrected chi connectivity index (χ0v) is 11.0. The van der Waals surface area contributed by atoms with Gasteiger partial charge in [0, 0.05) is 18.7 Å². The third-order valence-electron chi connectivity index (χ3n) is 3.73. The van der Waals surface area contributed by atoms with Gasteiger partial charge in [-0.05, 0) is 44.6 Å². The molecule has 2 rings (SSSR count). The average Bonchev–Trinajstić information content (AvgIpc) is 2.88. The fourth-order valence-electron chi connectivity index (χ4n) is 2.20. The van der Waals surface area contributed by atoms with Crippen LogP contribution >= 0.6 is 12.2 Å². The number of nitrogens with two attached hydrogens (primary N) is 1. The fraction of sp³-hybridized carbons (Fsp3) is 0.667. The summed E-state index contributed by atoms with van der Waals surface area (Å²) in [6.07, 6.45) is 3.31. The van der Waals surface area contributed by atoms with Crippen LogP contribution in [0.5, 0.6) is 0 Å². The Kier molecular flexibility index (Phi) is 2.78. The zero-order valence-electron chi connectivity index (χ0n) is 10.2. The zero-order chi connectivity index (χ0) is 11.9. The molecule has 1 aliphatic carbocycles. The van der Waals surface area contributed by atoms with Crippen LogP contribution in [-0.4, -0.2) is 14.8 Å². The molecule has 0 aliphatic heterocycles. The Morgan fingerprint density at radius 3 is 2.44 bits per heavy atom. The van der Waals surface area contributed by atoms with E-state index in [1.807, 2.05) is 0 Å². The van der Waals surface area contributed by atoms with Crippen LogP contribution in [0.15, 0.2) is 0 Å². The van der Waals surface area contributed by atoms with E-state index in [9.17, 15) is 0 Å². The van der Waals surface area contributed by atoms with Gasteiger partial charge in [0.15, 0.2) is 0 Å². The van der Waals surface area contributed by atoms with Crippen molar-refractivity contribution in [3.63, 3.8) is 0 Å². The van der Waals surface area contributed by atoms with Crippen molar-refractivity contribution in [2.75, 3.05) is 0 Å². The topological polar surface area (TPSA) is 43.8 Å². The van der Waals surface area contributed by atoms with E-state index < -0.39 is 0 Å². The molecule has 3 nitrogen and oxygen atoms in total. The number of aryl methyl sites for hydroxylation is 1. The summed E-state index contributed by atoms with van der Waals surface area (Å²) in [7, 11) is 0.